The van der Waals surface area contributed by atoms with E-state index < -0.39 is 6.17 Å². The number of piperidine rings is 1. The molecule has 0 saturated carbocycles. The standard InChI is InChI=1S/C26H32ClFN4O2S/c1-34-19-3-4-23-20(15-19)25(21(27)16-31-23)22(28)5-6-26(18-33)7-12-32(13-8-26)11-2-14-35-24-17-29-9-10-30-24/h3-4,9-10,15-17,22,33H,2,5-8,11-14,18H2,1H3. The third kappa shape index (κ3) is 6.61. The SMILES string of the molecule is COc1ccc2ncc(Cl)c(C(F)CCC3(CO)CCN(CCCSc4cnccn4)CC3)c2c1. The molecule has 0 aliphatic carbocycles. The number of rotatable bonds is 11. The van der Waals surface area contributed by atoms with Gasteiger partial charge < -0.3 is 14.7 Å². The number of aromatic nitrogens is 3. The minimum atomic E-state index is -1.24. The number of ether oxygens (including phenoxy) is 1. The van der Waals surface area contributed by atoms with Crippen molar-refractivity contribution in [2.24, 2.45) is 5.41 Å². The van der Waals surface area contributed by atoms with Crippen LogP contribution >= 0.6 is 23.4 Å². The van der Waals surface area contributed by atoms with Gasteiger partial charge in [0.1, 0.15) is 16.9 Å². The third-order valence-electron chi connectivity index (χ3n) is 6.97. The summed E-state index contributed by atoms with van der Waals surface area (Å²) in [6.45, 7) is 2.93. The first kappa shape index (κ1) is 26.1. The highest BCUT2D eigenvalue weighted by molar-refractivity contribution is 7.99. The summed E-state index contributed by atoms with van der Waals surface area (Å²) in [6.07, 6.45) is 9.19. The number of hydrogen-bond acceptors (Lipinski definition) is 7. The average molecular weight is 519 g/mol. The Kier molecular flexibility index (Phi) is 9.16. The number of halogens is 2. The van der Waals surface area contributed by atoms with Gasteiger partial charge in [-0.15, -0.1) is 11.8 Å². The van der Waals surface area contributed by atoms with Crippen LogP contribution < -0.4 is 4.74 Å². The van der Waals surface area contributed by atoms with Crippen LogP contribution in [-0.2, 0) is 0 Å². The second-order valence-electron chi connectivity index (χ2n) is 9.15. The van der Waals surface area contributed by atoms with Gasteiger partial charge in [-0.3, -0.25) is 9.97 Å². The maximum Gasteiger partial charge on any atom is 0.127 e. The molecular formula is C26H32ClFN4O2S. The molecule has 1 aromatic carbocycles. The van der Waals surface area contributed by atoms with E-state index in [9.17, 15) is 5.11 Å². The van der Waals surface area contributed by atoms with Gasteiger partial charge in [0.2, 0.25) is 0 Å². The molecule has 2 aromatic heterocycles. The summed E-state index contributed by atoms with van der Waals surface area (Å²) in [5.41, 5.74) is 0.902. The lowest BCUT2D eigenvalue weighted by Crippen LogP contribution is -2.42. The first-order valence-corrected chi connectivity index (χ1v) is 13.4. The van der Waals surface area contributed by atoms with E-state index in [0.29, 0.717) is 40.1 Å². The smallest absolute Gasteiger partial charge is 0.127 e. The number of thioether (sulfide) groups is 1. The minimum absolute atomic E-state index is 0.0781. The van der Waals surface area contributed by atoms with Gasteiger partial charge in [0, 0.05) is 41.9 Å². The van der Waals surface area contributed by atoms with Crippen LogP contribution in [0, 0.1) is 5.41 Å². The quantitative estimate of drug-likeness (QED) is 0.256. The molecule has 3 heterocycles. The van der Waals surface area contributed by atoms with E-state index in [-0.39, 0.29) is 12.0 Å². The zero-order chi connectivity index (χ0) is 24.7. The van der Waals surface area contributed by atoms with E-state index in [4.69, 9.17) is 16.3 Å². The molecular weight excluding hydrogens is 487 g/mol. The van der Waals surface area contributed by atoms with Crippen molar-refractivity contribution in [2.45, 2.75) is 43.3 Å². The molecule has 1 fully saturated rings. The number of hydrogen-bond donors (Lipinski definition) is 1. The minimum Gasteiger partial charge on any atom is -0.497 e. The van der Waals surface area contributed by atoms with E-state index >= 15 is 4.39 Å². The Morgan fingerprint density at radius 3 is 2.77 bits per heavy atom. The molecule has 1 aliphatic rings. The van der Waals surface area contributed by atoms with Crippen LogP contribution in [-0.4, -0.2) is 64.1 Å². The first-order valence-electron chi connectivity index (χ1n) is 12.0. The molecule has 9 heteroatoms. The van der Waals surface area contributed by atoms with Gasteiger partial charge in [0.25, 0.3) is 0 Å². The van der Waals surface area contributed by atoms with Crippen molar-refractivity contribution < 1.29 is 14.2 Å². The van der Waals surface area contributed by atoms with E-state index in [1.54, 1.807) is 43.5 Å². The van der Waals surface area contributed by atoms with Gasteiger partial charge >= 0.3 is 0 Å². The summed E-state index contributed by atoms with van der Waals surface area (Å²) in [7, 11) is 1.58. The zero-order valence-electron chi connectivity index (χ0n) is 20.0. The zero-order valence-corrected chi connectivity index (χ0v) is 21.6. The lowest BCUT2D eigenvalue weighted by Gasteiger charge is -2.41. The summed E-state index contributed by atoms with van der Waals surface area (Å²) in [4.78, 5) is 15.2. The van der Waals surface area contributed by atoms with Gasteiger partial charge in [-0.1, -0.05) is 11.6 Å². The molecule has 3 aromatic rings. The van der Waals surface area contributed by atoms with Crippen molar-refractivity contribution in [3.63, 3.8) is 0 Å². The number of fused-ring (bicyclic) bond motifs is 1. The van der Waals surface area contributed by atoms with E-state index in [1.165, 1.54) is 6.20 Å². The Labute approximate surface area is 215 Å². The molecule has 1 atom stereocenters. The molecule has 0 amide bonds. The van der Waals surface area contributed by atoms with Crippen LogP contribution in [0.15, 0.2) is 48.0 Å². The normalized spacial score (nSPS) is 16.9. The molecule has 6 nitrogen and oxygen atoms in total. The number of methoxy groups -OCH3 is 1. The van der Waals surface area contributed by atoms with Gasteiger partial charge in [0.05, 0.1) is 23.8 Å². The van der Waals surface area contributed by atoms with Crippen LogP contribution in [0.3, 0.4) is 0 Å². The highest BCUT2D eigenvalue weighted by atomic mass is 35.5. The molecule has 35 heavy (non-hydrogen) atoms. The highest BCUT2D eigenvalue weighted by Crippen LogP contribution is 2.41. The molecule has 1 N–H and O–H groups in total. The van der Waals surface area contributed by atoms with Crippen LogP contribution in [0.25, 0.3) is 10.9 Å². The number of aliphatic hydroxyl groups is 1. The predicted molar refractivity (Wildman–Crippen MR) is 139 cm³/mol. The predicted octanol–water partition coefficient (Wildman–Crippen LogP) is 5.73. The fourth-order valence-corrected chi connectivity index (χ4v) is 5.78. The Bertz CT molecular complexity index is 1100. The molecule has 0 radical (unpaired) electrons. The molecule has 4 rings (SSSR count). The van der Waals surface area contributed by atoms with Crippen LogP contribution in [0.1, 0.15) is 43.8 Å². The van der Waals surface area contributed by atoms with Crippen LogP contribution in [0.5, 0.6) is 5.75 Å². The number of nitrogens with zero attached hydrogens (tertiary/aromatic N) is 4. The molecule has 0 spiro atoms. The molecule has 188 valence electrons. The average Bonchev–Trinajstić information content (AvgIpc) is 2.90. The first-order chi connectivity index (χ1) is 17.0. The molecule has 1 aliphatic heterocycles. The van der Waals surface area contributed by atoms with E-state index in [1.807, 2.05) is 12.1 Å². The Hall–Kier alpha value is -2.00. The van der Waals surface area contributed by atoms with Gasteiger partial charge in [-0.05, 0) is 75.4 Å². The Balaban J connectivity index is 1.30. The molecule has 1 unspecified atom stereocenters. The van der Waals surface area contributed by atoms with Crippen molar-refractivity contribution >= 4 is 34.3 Å². The number of pyridine rings is 1. The fraction of sp³-hybridized carbons (Fsp3) is 0.500. The Morgan fingerprint density at radius 2 is 2.06 bits per heavy atom. The van der Waals surface area contributed by atoms with Crippen molar-refractivity contribution in [1.82, 2.24) is 19.9 Å². The van der Waals surface area contributed by atoms with Gasteiger partial charge in [-0.25, -0.2) is 9.37 Å². The third-order valence-corrected chi connectivity index (χ3v) is 8.27. The lowest BCUT2D eigenvalue weighted by atomic mass is 9.74. The van der Waals surface area contributed by atoms with Gasteiger partial charge in [0.15, 0.2) is 0 Å². The Morgan fingerprint density at radius 1 is 1.23 bits per heavy atom. The molecule has 0 bridgehead atoms. The fourth-order valence-electron chi connectivity index (χ4n) is 4.75. The van der Waals surface area contributed by atoms with Crippen molar-refractivity contribution in [1.29, 1.82) is 0 Å². The van der Waals surface area contributed by atoms with Crippen LogP contribution in [0.2, 0.25) is 5.02 Å². The van der Waals surface area contributed by atoms with Crippen LogP contribution in [0.4, 0.5) is 4.39 Å². The lowest BCUT2D eigenvalue weighted by molar-refractivity contribution is 0.0304. The van der Waals surface area contributed by atoms with E-state index in [0.717, 1.165) is 49.7 Å². The summed E-state index contributed by atoms with van der Waals surface area (Å²) in [5.74, 6) is 1.64. The second-order valence-corrected chi connectivity index (χ2v) is 10.7. The van der Waals surface area contributed by atoms with Crippen molar-refractivity contribution in [2.75, 3.05) is 39.1 Å². The second kappa shape index (κ2) is 12.3. The number of aliphatic hydroxyl groups excluding tert-OH is 1. The highest BCUT2D eigenvalue weighted by Gasteiger charge is 2.35. The maximum atomic E-state index is 15.6. The van der Waals surface area contributed by atoms with Crippen molar-refractivity contribution in [3.8, 4) is 5.75 Å². The molecule has 1 saturated heterocycles. The van der Waals surface area contributed by atoms with E-state index in [2.05, 4.69) is 19.9 Å². The topological polar surface area (TPSA) is 71.4 Å². The van der Waals surface area contributed by atoms with Crippen molar-refractivity contribution in [3.05, 3.63) is 53.6 Å². The summed E-state index contributed by atoms with van der Waals surface area (Å²) < 4.78 is 20.9. The summed E-state index contributed by atoms with van der Waals surface area (Å²) in [5, 5.41) is 12.2. The largest absolute Gasteiger partial charge is 0.497 e. The number of likely N-dealkylation sites (tertiary alicyclic amines) is 1. The summed E-state index contributed by atoms with van der Waals surface area (Å²) in [6, 6.07) is 5.42. The number of benzene rings is 1. The van der Waals surface area contributed by atoms with Gasteiger partial charge in [-0.2, -0.15) is 0 Å². The summed E-state index contributed by atoms with van der Waals surface area (Å²) >= 11 is 8.12. The number of alkyl halides is 1. The maximum absolute atomic E-state index is 15.6. The monoisotopic (exact) mass is 518 g/mol.